The van der Waals surface area contributed by atoms with Crippen LogP contribution in [0.1, 0.15) is 65.1 Å². The van der Waals surface area contributed by atoms with Crippen LogP contribution in [0.25, 0.3) is 0 Å². The van der Waals surface area contributed by atoms with Crippen molar-refractivity contribution in [3.8, 4) is 12.1 Å². The monoisotopic (exact) mass is 702 g/mol. The maximum atomic E-state index is 9.83. The van der Waals surface area contributed by atoms with E-state index in [0.29, 0.717) is 53.7 Å². The van der Waals surface area contributed by atoms with E-state index in [-0.39, 0.29) is 40.6 Å². The average Bonchev–Trinajstić information content (AvgIpc) is 3.85. The zero-order chi connectivity index (χ0) is 36.5. The molecular weight excluding hydrogens is 668 g/mol. The van der Waals surface area contributed by atoms with E-state index < -0.39 is 18.6 Å². The number of aromatic nitrogens is 8. The summed E-state index contributed by atoms with van der Waals surface area (Å²) in [6.45, 7) is 8.02. The topological polar surface area (TPSA) is 294 Å². The highest BCUT2D eigenvalue weighted by Gasteiger charge is 2.30. The van der Waals surface area contributed by atoms with E-state index in [1.807, 2.05) is 0 Å². The molecule has 264 valence electrons. The molecule has 4 atom stereocenters. The SMILES string of the molecule is Cc1nn(C2C=NCC=N2)c(N=Nc2c(C)nn(C3NCCC(n4nc(C)c(N=Nc5c(C#N)c(C)nn5C5C=NC=CN5)c4N)N3)c2N)c1C#N. The summed E-state index contributed by atoms with van der Waals surface area (Å²) in [5.41, 5.74) is 16.5. The number of anilines is 2. The molecule has 0 saturated carbocycles. The third-order valence-corrected chi connectivity index (χ3v) is 8.51. The molecule has 0 amide bonds. The third kappa shape index (κ3) is 5.97. The largest absolute Gasteiger partial charge is 0.382 e. The maximum absolute atomic E-state index is 9.83. The molecule has 52 heavy (non-hydrogen) atoms. The van der Waals surface area contributed by atoms with Crippen LogP contribution < -0.4 is 27.4 Å². The van der Waals surface area contributed by atoms with Crippen LogP contribution in [-0.4, -0.2) is 70.9 Å². The number of nitrogens with two attached hydrogens (primary N) is 2. The molecule has 7 N–H and O–H groups in total. The summed E-state index contributed by atoms with van der Waals surface area (Å²) >= 11 is 0. The highest BCUT2D eigenvalue weighted by molar-refractivity contribution is 5.74. The smallest absolute Gasteiger partial charge is 0.193 e. The molecule has 4 aromatic heterocycles. The number of hydrogen-bond donors (Lipinski definition) is 5. The first kappa shape index (κ1) is 33.6. The molecule has 1 fully saturated rings. The van der Waals surface area contributed by atoms with Gasteiger partial charge in [0.05, 0.1) is 29.3 Å². The van der Waals surface area contributed by atoms with Gasteiger partial charge in [-0.3, -0.25) is 25.6 Å². The van der Waals surface area contributed by atoms with Crippen LogP contribution >= 0.6 is 0 Å². The molecule has 1 saturated heterocycles. The lowest BCUT2D eigenvalue weighted by atomic mass is 10.2. The van der Waals surface area contributed by atoms with Gasteiger partial charge in [-0.1, -0.05) is 0 Å². The molecule has 3 aliphatic heterocycles. The number of rotatable bonds is 8. The van der Waals surface area contributed by atoms with Crippen molar-refractivity contribution in [1.29, 1.82) is 10.5 Å². The van der Waals surface area contributed by atoms with Gasteiger partial charge in [0, 0.05) is 37.6 Å². The zero-order valence-electron chi connectivity index (χ0n) is 28.6. The van der Waals surface area contributed by atoms with Crippen molar-refractivity contribution in [3.05, 3.63) is 46.3 Å². The van der Waals surface area contributed by atoms with E-state index >= 15 is 0 Å². The van der Waals surface area contributed by atoms with E-state index in [9.17, 15) is 10.5 Å². The van der Waals surface area contributed by atoms with Gasteiger partial charge in [0.15, 0.2) is 53.3 Å². The molecule has 4 unspecified atom stereocenters. The van der Waals surface area contributed by atoms with E-state index in [4.69, 9.17) is 11.5 Å². The molecule has 0 bridgehead atoms. The Labute approximate surface area is 296 Å². The van der Waals surface area contributed by atoms with Gasteiger partial charge in [0.1, 0.15) is 29.4 Å². The highest BCUT2D eigenvalue weighted by Crippen LogP contribution is 2.36. The summed E-state index contributed by atoms with van der Waals surface area (Å²) in [5, 5.41) is 65.5. The first-order chi connectivity index (χ1) is 25.2. The first-order valence-electron chi connectivity index (χ1n) is 16.2. The lowest BCUT2D eigenvalue weighted by molar-refractivity contribution is 0.174. The number of nitrogen functional groups attached to an aromatic ring is 2. The van der Waals surface area contributed by atoms with Crippen molar-refractivity contribution < 1.29 is 0 Å². The Morgan fingerprint density at radius 2 is 1.40 bits per heavy atom. The second-order valence-corrected chi connectivity index (χ2v) is 11.9. The van der Waals surface area contributed by atoms with Gasteiger partial charge in [-0.25, -0.2) is 18.7 Å². The van der Waals surface area contributed by atoms with Crippen LogP contribution in [-0.2, 0) is 0 Å². The molecule has 3 aliphatic rings. The first-order valence-corrected chi connectivity index (χ1v) is 16.2. The Morgan fingerprint density at radius 3 is 2.02 bits per heavy atom. The van der Waals surface area contributed by atoms with E-state index in [0.717, 1.165) is 0 Å². The lowest BCUT2D eigenvalue weighted by Gasteiger charge is -2.33. The number of aliphatic imine (C=N–C) groups is 3. The molecule has 0 aromatic carbocycles. The normalized spacial score (nSPS) is 21.3. The number of nitriles is 2. The quantitative estimate of drug-likeness (QED) is 0.166. The minimum Gasteiger partial charge on any atom is -0.382 e. The van der Waals surface area contributed by atoms with Crippen LogP contribution in [0.5, 0.6) is 0 Å². The van der Waals surface area contributed by atoms with Gasteiger partial charge < -0.3 is 16.8 Å². The Morgan fingerprint density at radius 1 is 0.788 bits per heavy atom. The molecule has 22 heteroatoms. The lowest BCUT2D eigenvalue weighted by Crippen LogP contribution is -2.49. The fraction of sp³-hybridized carbons (Fsp3) is 0.367. The van der Waals surface area contributed by atoms with Crippen molar-refractivity contribution in [2.45, 2.75) is 58.9 Å². The van der Waals surface area contributed by atoms with Crippen LogP contribution in [0.3, 0.4) is 0 Å². The van der Waals surface area contributed by atoms with Gasteiger partial charge in [-0.05, 0) is 34.1 Å². The van der Waals surface area contributed by atoms with Gasteiger partial charge in [0.2, 0.25) is 0 Å². The molecule has 22 nitrogen and oxygen atoms in total. The summed E-state index contributed by atoms with van der Waals surface area (Å²) in [5.74, 6) is 0.988. The summed E-state index contributed by atoms with van der Waals surface area (Å²) in [7, 11) is 0. The van der Waals surface area contributed by atoms with Gasteiger partial charge in [-0.2, -0.15) is 30.9 Å². The second kappa shape index (κ2) is 13.8. The van der Waals surface area contributed by atoms with Crippen molar-refractivity contribution >= 4 is 53.3 Å². The van der Waals surface area contributed by atoms with Gasteiger partial charge in [0.25, 0.3) is 0 Å². The summed E-state index contributed by atoms with van der Waals surface area (Å²) in [4.78, 5) is 12.8. The standard InChI is InChI=1S/C30H34N22/c1-15-19(11-31)28(50(45-15)22-13-35-7-9-37-22)43-41-24-17(3)47-49(26(24)33)21-5-6-39-30(40-21)52-27(34)25(18(4)48-52)42-44-29-20(12-32)16(2)46-51(29)23-14-36-8-10-38-23/h7,9-10,13-14,21-23,30,37,39-40H,5-6,8,33-34H2,1-4H3. The molecule has 0 radical (unpaired) electrons. The van der Waals surface area contributed by atoms with Crippen molar-refractivity contribution in [2.24, 2.45) is 35.4 Å². The number of azo groups is 2. The molecule has 7 rings (SSSR count). The van der Waals surface area contributed by atoms with Crippen molar-refractivity contribution in [2.75, 3.05) is 24.6 Å². The predicted molar refractivity (Wildman–Crippen MR) is 189 cm³/mol. The van der Waals surface area contributed by atoms with E-state index in [1.54, 1.807) is 72.8 Å². The van der Waals surface area contributed by atoms with E-state index in [1.165, 1.54) is 4.68 Å². The van der Waals surface area contributed by atoms with Crippen LogP contribution in [0.4, 0.5) is 34.6 Å². The number of aryl methyl sites for hydroxylation is 4. The van der Waals surface area contributed by atoms with Crippen LogP contribution in [0.2, 0.25) is 0 Å². The average molecular weight is 703 g/mol. The third-order valence-electron chi connectivity index (χ3n) is 8.51. The van der Waals surface area contributed by atoms with Crippen molar-refractivity contribution in [3.63, 3.8) is 0 Å². The minimum atomic E-state index is -0.570. The number of nitrogens with one attached hydrogen (secondary N) is 3. The fourth-order valence-electron chi connectivity index (χ4n) is 5.94. The predicted octanol–water partition coefficient (Wildman–Crippen LogP) is 2.98. The van der Waals surface area contributed by atoms with Crippen molar-refractivity contribution in [1.82, 2.24) is 55.1 Å². The summed E-state index contributed by atoms with van der Waals surface area (Å²) < 4.78 is 6.26. The Kier molecular flexibility index (Phi) is 8.90. The highest BCUT2D eigenvalue weighted by atomic mass is 15.5. The van der Waals surface area contributed by atoms with Gasteiger partial charge >= 0.3 is 0 Å². The second-order valence-electron chi connectivity index (χ2n) is 11.9. The summed E-state index contributed by atoms with van der Waals surface area (Å²) in [6, 6.07) is 4.31. The van der Waals surface area contributed by atoms with Gasteiger partial charge in [-0.15, -0.1) is 20.5 Å². The zero-order valence-corrected chi connectivity index (χ0v) is 28.6. The van der Waals surface area contributed by atoms with Crippen LogP contribution in [0, 0.1) is 50.4 Å². The number of hydrogen-bond acceptors (Lipinski definition) is 18. The molecule has 7 heterocycles. The molecule has 0 spiro atoms. The molecular formula is C30H34N22. The fourth-order valence-corrected chi connectivity index (χ4v) is 5.94. The summed E-state index contributed by atoms with van der Waals surface area (Å²) in [6.07, 6.45) is 6.91. The molecule has 4 aromatic rings. The van der Waals surface area contributed by atoms with Crippen LogP contribution in [0.15, 0.2) is 47.8 Å². The Bertz CT molecular complexity index is 2280. The van der Waals surface area contributed by atoms with E-state index in [2.05, 4.69) is 83.9 Å². The maximum Gasteiger partial charge on any atom is 0.193 e. The Hall–Kier alpha value is -6.91. The number of nitrogens with zero attached hydrogens (tertiary/aromatic N) is 17. The minimum absolute atomic E-state index is 0.230. The Balaban J connectivity index is 1.13. The molecule has 0 aliphatic carbocycles.